The molecule has 0 N–H and O–H groups in total. The quantitative estimate of drug-likeness (QED) is 0.124. The van der Waals surface area contributed by atoms with E-state index in [0.29, 0.717) is 11.5 Å². The highest BCUT2D eigenvalue weighted by Gasteiger charge is 2.13. The number of benzene rings is 2. The number of thioether (sulfide) groups is 1. The lowest BCUT2D eigenvalue weighted by molar-refractivity contribution is 0.963. The molecule has 0 fully saturated rings. The molecule has 2 aromatic carbocycles. The van der Waals surface area contributed by atoms with Crippen molar-refractivity contribution in [2.75, 3.05) is 5.75 Å². The second-order valence-electron chi connectivity index (χ2n) is 8.94. The molecule has 0 aliphatic carbocycles. The van der Waals surface area contributed by atoms with Gasteiger partial charge in [-0.2, -0.15) is 0 Å². The van der Waals surface area contributed by atoms with Crippen molar-refractivity contribution in [3.05, 3.63) is 84.7 Å². The molecule has 33 heavy (non-hydrogen) atoms. The Morgan fingerprint density at radius 2 is 1.18 bits per heavy atom. The number of aromatic nitrogens is 4. The van der Waals surface area contributed by atoms with Crippen LogP contribution < -0.4 is 0 Å². The Kier molecular flexibility index (Phi) is 6.97. The van der Waals surface area contributed by atoms with E-state index in [1.54, 1.807) is 24.2 Å². The van der Waals surface area contributed by atoms with Gasteiger partial charge >= 0.3 is 0 Å². The number of rotatable bonds is 7. The maximum atomic E-state index is 7.07. The molecule has 0 spiro atoms. The summed E-state index contributed by atoms with van der Waals surface area (Å²) in [6.07, 6.45) is 7.26. The Morgan fingerprint density at radius 3 is 1.70 bits per heavy atom. The van der Waals surface area contributed by atoms with Crippen LogP contribution in [0.25, 0.3) is 38.5 Å². The van der Waals surface area contributed by atoms with E-state index in [4.69, 9.17) is 6.57 Å². The van der Waals surface area contributed by atoms with E-state index in [1.807, 2.05) is 36.7 Å². The fraction of sp³-hybridized carbons (Fsp3) is 0.192. The lowest BCUT2D eigenvalue weighted by Gasteiger charge is -2.14. The van der Waals surface area contributed by atoms with Crippen molar-refractivity contribution in [2.45, 2.75) is 30.8 Å². The van der Waals surface area contributed by atoms with Gasteiger partial charge in [0.15, 0.2) is 16.7 Å². The van der Waals surface area contributed by atoms with Gasteiger partial charge in [-0.05, 0) is 28.5 Å². The molecule has 0 saturated carbocycles. The molecule has 0 bridgehead atoms. The molecule has 7 heteroatoms. The first-order valence-corrected chi connectivity index (χ1v) is 15.5. The first-order valence-electron chi connectivity index (χ1n) is 10.8. The first kappa shape index (κ1) is 22.8. The molecule has 4 rings (SSSR count). The van der Waals surface area contributed by atoms with Crippen LogP contribution in [0.5, 0.6) is 0 Å². The second-order valence-corrected chi connectivity index (χ2v) is 15.6. The minimum Gasteiger partial charge on any atom is -0.238 e. The molecular formula is C26H25N5SSi. The van der Waals surface area contributed by atoms with Gasteiger partial charge in [0, 0.05) is 38.4 Å². The third-order valence-electron chi connectivity index (χ3n) is 5.17. The number of hydrogen-bond acceptors (Lipinski definition) is 5. The van der Waals surface area contributed by atoms with Gasteiger partial charge in [-0.1, -0.05) is 79.9 Å². The van der Waals surface area contributed by atoms with Crippen molar-refractivity contribution < 1.29 is 0 Å². The molecule has 0 aliphatic rings. The molecule has 5 nitrogen and oxygen atoms in total. The zero-order valence-electron chi connectivity index (χ0n) is 19.0. The van der Waals surface area contributed by atoms with Crippen LogP contribution in [0, 0.1) is 6.57 Å². The second kappa shape index (κ2) is 10.1. The third kappa shape index (κ3) is 6.13. The molecule has 0 amide bonds. The van der Waals surface area contributed by atoms with Crippen molar-refractivity contribution in [3.63, 3.8) is 0 Å². The van der Waals surface area contributed by atoms with Crippen molar-refractivity contribution in [1.29, 1.82) is 0 Å². The Labute approximate surface area is 200 Å². The van der Waals surface area contributed by atoms with Gasteiger partial charge in [-0.15, -0.1) is 0 Å². The van der Waals surface area contributed by atoms with Gasteiger partial charge in [0.1, 0.15) is 0 Å². The average Bonchev–Trinajstić information content (AvgIpc) is 2.84. The van der Waals surface area contributed by atoms with Crippen molar-refractivity contribution >= 4 is 25.5 Å². The first-order chi connectivity index (χ1) is 15.9. The van der Waals surface area contributed by atoms with Crippen LogP contribution in [0.3, 0.4) is 0 Å². The summed E-state index contributed by atoms with van der Waals surface area (Å²) in [7, 11) is -1.04. The normalized spacial score (nSPS) is 11.2. The largest absolute Gasteiger partial charge is 0.238 e. The van der Waals surface area contributed by atoms with Crippen molar-refractivity contribution in [1.82, 2.24) is 19.9 Å². The zero-order chi connectivity index (χ0) is 23.3. The third-order valence-corrected chi connectivity index (χ3v) is 8.16. The molecule has 4 aromatic rings. The molecule has 2 aromatic heterocycles. The molecule has 0 saturated heterocycles. The topological polar surface area (TPSA) is 55.9 Å². The van der Waals surface area contributed by atoms with E-state index in [-0.39, 0.29) is 0 Å². The van der Waals surface area contributed by atoms with Gasteiger partial charge in [0.2, 0.25) is 0 Å². The summed E-state index contributed by atoms with van der Waals surface area (Å²) in [6.45, 7) is 14.2. The van der Waals surface area contributed by atoms with Gasteiger partial charge in [-0.3, -0.25) is 0 Å². The van der Waals surface area contributed by atoms with Gasteiger partial charge in [0.05, 0.1) is 12.1 Å². The SMILES string of the molecule is [C-]#[N+]c1ccc(-c2ccc(-c3cnc(-c4cnc(SCC[Si](C)(C)C)nc4)nc3)cc2)cc1. The van der Waals surface area contributed by atoms with Crippen molar-refractivity contribution in [2.24, 2.45) is 0 Å². The summed E-state index contributed by atoms with van der Waals surface area (Å²) in [5, 5.41) is 0.803. The van der Waals surface area contributed by atoms with E-state index >= 15 is 0 Å². The summed E-state index contributed by atoms with van der Waals surface area (Å²) < 4.78 is 0. The average molecular weight is 468 g/mol. The van der Waals surface area contributed by atoms with E-state index < -0.39 is 8.07 Å². The summed E-state index contributed by atoms with van der Waals surface area (Å²) in [5.74, 6) is 1.68. The minimum atomic E-state index is -1.04. The highest BCUT2D eigenvalue weighted by atomic mass is 32.2. The van der Waals surface area contributed by atoms with E-state index in [1.165, 1.54) is 6.04 Å². The number of nitrogens with zero attached hydrogens (tertiary/aromatic N) is 5. The summed E-state index contributed by atoms with van der Waals surface area (Å²) >= 11 is 1.71. The number of hydrogen-bond donors (Lipinski definition) is 0. The maximum Gasteiger partial charge on any atom is 0.187 e. The van der Waals surface area contributed by atoms with Gasteiger partial charge in [-0.25, -0.2) is 24.8 Å². The Morgan fingerprint density at radius 1 is 0.697 bits per heavy atom. The molecule has 0 aliphatic heterocycles. The van der Waals surface area contributed by atoms with E-state index in [2.05, 4.69) is 68.7 Å². The summed E-state index contributed by atoms with van der Waals surface area (Å²) in [4.78, 5) is 21.4. The highest BCUT2D eigenvalue weighted by molar-refractivity contribution is 7.99. The fourth-order valence-corrected chi connectivity index (χ4v) is 6.46. The van der Waals surface area contributed by atoms with Crippen LogP contribution in [0.1, 0.15) is 0 Å². The fourth-order valence-electron chi connectivity index (χ4n) is 3.16. The lowest BCUT2D eigenvalue weighted by Crippen LogP contribution is -2.19. The molecule has 0 atom stereocenters. The Hall–Kier alpha value is -3.34. The predicted octanol–water partition coefficient (Wildman–Crippen LogP) is 7.25. The molecule has 164 valence electrons. The van der Waals surface area contributed by atoms with Crippen LogP contribution in [-0.2, 0) is 0 Å². The monoisotopic (exact) mass is 467 g/mol. The van der Waals surface area contributed by atoms with Crippen LogP contribution >= 0.6 is 11.8 Å². The molecule has 0 radical (unpaired) electrons. The Bertz CT molecular complexity index is 1240. The van der Waals surface area contributed by atoms with Crippen molar-refractivity contribution in [3.8, 4) is 33.6 Å². The van der Waals surface area contributed by atoms with Crippen LogP contribution in [0.15, 0.2) is 78.5 Å². The predicted molar refractivity (Wildman–Crippen MR) is 139 cm³/mol. The van der Waals surface area contributed by atoms with Gasteiger partial charge in [0.25, 0.3) is 0 Å². The maximum absolute atomic E-state index is 7.07. The minimum absolute atomic E-state index is 0.619. The molecule has 0 unspecified atom stereocenters. The zero-order valence-corrected chi connectivity index (χ0v) is 20.8. The molecule has 2 heterocycles. The summed E-state index contributed by atoms with van der Waals surface area (Å²) in [5.41, 5.74) is 5.65. The van der Waals surface area contributed by atoms with E-state index in [0.717, 1.165) is 38.7 Å². The molecular weight excluding hydrogens is 442 g/mol. The lowest BCUT2D eigenvalue weighted by atomic mass is 10.0. The van der Waals surface area contributed by atoms with E-state index in [9.17, 15) is 0 Å². The van der Waals surface area contributed by atoms with Gasteiger partial charge < -0.3 is 0 Å². The Balaban J connectivity index is 1.42. The highest BCUT2D eigenvalue weighted by Crippen LogP contribution is 2.27. The van der Waals surface area contributed by atoms with Crippen LogP contribution in [0.2, 0.25) is 25.7 Å². The van der Waals surface area contributed by atoms with Crippen LogP contribution in [-0.4, -0.2) is 33.8 Å². The summed E-state index contributed by atoms with van der Waals surface area (Å²) in [6, 6.07) is 17.1. The smallest absolute Gasteiger partial charge is 0.187 e. The van der Waals surface area contributed by atoms with Crippen LogP contribution in [0.4, 0.5) is 5.69 Å². The standard InChI is InChI=1S/C26H25N5SSi/c1-27-24-11-9-20(10-12-24)19-5-7-21(8-6-19)22-15-28-25(29-16-22)23-17-30-26(31-18-23)32-13-14-33(2,3)4/h5-12,15-18H,13-14H2,2-4H3.